The van der Waals surface area contributed by atoms with Crippen molar-refractivity contribution in [2.45, 2.75) is 20.0 Å². The fraction of sp³-hybridized carbons (Fsp3) is 0.250. The number of benzene rings is 1. The average Bonchev–Trinajstić information content (AvgIpc) is 3.20. The summed E-state index contributed by atoms with van der Waals surface area (Å²) in [6.07, 6.45) is 0.976. The van der Waals surface area contributed by atoms with Crippen LogP contribution in [0.5, 0.6) is 11.5 Å². The molecule has 6 nitrogen and oxygen atoms in total. The van der Waals surface area contributed by atoms with Crippen molar-refractivity contribution in [3.8, 4) is 23.1 Å². The molecule has 3 rings (SSSR count). The first kappa shape index (κ1) is 15.6. The summed E-state index contributed by atoms with van der Waals surface area (Å²) < 4.78 is 22.6. The lowest BCUT2D eigenvalue weighted by Crippen LogP contribution is -1.97. The summed E-state index contributed by atoms with van der Waals surface area (Å²) >= 11 is 3.23. The average molecular weight is 379 g/mol. The third kappa shape index (κ3) is 4.13. The lowest BCUT2D eigenvalue weighted by Gasteiger charge is -2.06. The molecule has 0 bridgehead atoms. The quantitative estimate of drug-likeness (QED) is 0.604. The van der Waals surface area contributed by atoms with Crippen LogP contribution in [0, 0.1) is 0 Å². The largest absolute Gasteiger partial charge is 0.494 e. The minimum atomic E-state index is 0.185. The van der Waals surface area contributed by atoms with Crippen molar-refractivity contribution in [3.05, 3.63) is 47.0 Å². The first-order valence-corrected chi connectivity index (χ1v) is 7.97. The van der Waals surface area contributed by atoms with Crippen molar-refractivity contribution in [2.24, 2.45) is 0 Å². The van der Waals surface area contributed by atoms with Crippen molar-refractivity contribution in [1.82, 2.24) is 10.2 Å². The summed E-state index contributed by atoms with van der Waals surface area (Å²) in [7, 11) is 0. The van der Waals surface area contributed by atoms with Crippen LogP contribution in [0.3, 0.4) is 0 Å². The summed E-state index contributed by atoms with van der Waals surface area (Å²) in [6.45, 7) is 2.95. The molecule has 0 atom stereocenters. The SMILES string of the molecule is CCCOc1ccc(OCc2nnc(-c3ccc(Br)o3)o2)cc1. The minimum Gasteiger partial charge on any atom is -0.494 e. The van der Waals surface area contributed by atoms with Crippen LogP contribution in [0.4, 0.5) is 0 Å². The van der Waals surface area contributed by atoms with E-state index in [9.17, 15) is 0 Å². The van der Waals surface area contributed by atoms with Crippen LogP contribution < -0.4 is 9.47 Å². The number of rotatable bonds is 7. The number of hydrogen-bond acceptors (Lipinski definition) is 6. The Bertz CT molecular complexity index is 752. The molecular formula is C16H15BrN2O4. The van der Waals surface area contributed by atoms with Crippen molar-refractivity contribution in [2.75, 3.05) is 6.61 Å². The topological polar surface area (TPSA) is 70.5 Å². The van der Waals surface area contributed by atoms with Gasteiger partial charge in [-0.1, -0.05) is 6.92 Å². The van der Waals surface area contributed by atoms with Gasteiger partial charge in [-0.3, -0.25) is 0 Å². The number of hydrogen-bond donors (Lipinski definition) is 0. The first-order valence-electron chi connectivity index (χ1n) is 7.18. The van der Waals surface area contributed by atoms with Crippen molar-refractivity contribution in [3.63, 3.8) is 0 Å². The number of aromatic nitrogens is 2. The summed E-state index contributed by atoms with van der Waals surface area (Å²) in [5.41, 5.74) is 0. The summed E-state index contributed by atoms with van der Waals surface area (Å²) in [6, 6.07) is 10.9. The molecular weight excluding hydrogens is 364 g/mol. The Morgan fingerprint density at radius 1 is 0.957 bits per heavy atom. The van der Waals surface area contributed by atoms with Crippen molar-refractivity contribution < 1.29 is 18.3 Å². The van der Waals surface area contributed by atoms with E-state index in [1.165, 1.54) is 0 Å². The van der Waals surface area contributed by atoms with Crippen LogP contribution in [-0.4, -0.2) is 16.8 Å². The lowest BCUT2D eigenvalue weighted by atomic mass is 10.3. The molecule has 0 N–H and O–H groups in total. The molecule has 0 saturated heterocycles. The van der Waals surface area contributed by atoms with E-state index in [4.69, 9.17) is 18.3 Å². The van der Waals surface area contributed by atoms with Gasteiger partial charge in [0.2, 0.25) is 0 Å². The fourth-order valence-corrected chi connectivity index (χ4v) is 2.14. The van der Waals surface area contributed by atoms with E-state index in [0.29, 0.717) is 34.6 Å². The van der Waals surface area contributed by atoms with E-state index in [1.807, 2.05) is 24.3 Å². The maximum absolute atomic E-state index is 5.61. The monoisotopic (exact) mass is 378 g/mol. The molecule has 1 aromatic carbocycles. The van der Waals surface area contributed by atoms with E-state index >= 15 is 0 Å². The Balaban J connectivity index is 1.57. The third-order valence-electron chi connectivity index (χ3n) is 2.91. The molecule has 0 aliphatic carbocycles. The maximum Gasteiger partial charge on any atom is 0.283 e. The molecule has 0 amide bonds. The molecule has 0 aliphatic heterocycles. The second-order valence-corrected chi connectivity index (χ2v) is 5.49. The summed E-state index contributed by atoms with van der Waals surface area (Å²) in [5.74, 6) is 2.72. The fourth-order valence-electron chi connectivity index (χ4n) is 1.84. The Hall–Kier alpha value is -2.28. The summed E-state index contributed by atoms with van der Waals surface area (Å²) in [5, 5.41) is 7.86. The van der Waals surface area contributed by atoms with Gasteiger partial charge in [0.15, 0.2) is 17.0 Å². The molecule has 120 valence electrons. The van der Waals surface area contributed by atoms with Crippen LogP contribution in [0.1, 0.15) is 19.2 Å². The zero-order valence-corrected chi connectivity index (χ0v) is 14.1. The summed E-state index contributed by atoms with van der Waals surface area (Å²) in [4.78, 5) is 0. The standard InChI is InChI=1S/C16H15BrN2O4/c1-2-9-20-11-3-5-12(6-4-11)21-10-15-18-19-16(23-15)13-7-8-14(17)22-13/h3-8H,2,9-10H2,1H3. The molecule has 0 radical (unpaired) electrons. The Morgan fingerprint density at radius 3 is 2.35 bits per heavy atom. The second kappa shape index (κ2) is 7.32. The maximum atomic E-state index is 5.61. The van der Waals surface area contributed by atoms with Crippen molar-refractivity contribution in [1.29, 1.82) is 0 Å². The molecule has 2 heterocycles. The van der Waals surface area contributed by atoms with E-state index < -0.39 is 0 Å². The number of furan rings is 1. The highest BCUT2D eigenvalue weighted by Crippen LogP contribution is 2.24. The number of ether oxygens (including phenoxy) is 2. The van der Waals surface area contributed by atoms with Crippen molar-refractivity contribution >= 4 is 15.9 Å². The predicted octanol–water partition coefficient (Wildman–Crippen LogP) is 4.46. The highest BCUT2D eigenvalue weighted by atomic mass is 79.9. The first-order chi connectivity index (χ1) is 11.2. The zero-order valence-electron chi connectivity index (χ0n) is 12.5. The van der Waals surface area contributed by atoms with Gasteiger partial charge in [0, 0.05) is 0 Å². The van der Waals surface area contributed by atoms with E-state index in [0.717, 1.165) is 12.2 Å². The van der Waals surface area contributed by atoms with Crippen LogP contribution in [0.2, 0.25) is 0 Å². The van der Waals surface area contributed by atoms with Gasteiger partial charge in [-0.25, -0.2) is 0 Å². The van der Waals surface area contributed by atoms with E-state index in [-0.39, 0.29) is 6.61 Å². The normalized spacial score (nSPS) is 10.7. The highest BCUT2D eigenvalue weighted by Gasteiger charge is 2.12. The Kier molecular flexibility index (Phi) is 4.97. The van der Waals surface area contributed by atoms with Gasteiger partial charge < -0.3 is 18.3 Å². The number of halogens is 1. The molecule has 0 saturated carbocycles. The molecule has 2 aromatic heterocycles. The van der Waals surface area contributed by atoms with E-state index in [1.54, 1.807) is 12.1 Å². The minimum absolute atomic E-state index is 0.185. The molecule has 0 spiro atoms. The number of nitrogens with zero attached hydrogens (tertiary/aromatic N) is 2. The van der Waals surface area contributed by atoms with Gasteiger partial charge in [0.25, 0.3) is 11.8 Å². The van der Waals surface area contributed by atoms with Gasteiger partial charge in [0.1, 0.15) is 11.5 Å². The zero-order chi connectivity index (χ0) is 16.1. The van der Waals surface area contributed by atoms with Crippen LogP contribution in [0.25, 0.3) is 11.7 Å². The van der Waals surface area contributed by atoms with Gasteiger partial charge in [-0.2, -0.15) is 0 Å². The highest BCUT2D eigenvalue weighted by molar-refractivity contribution is 9.10. The van der Waals surface area contributed by atoms with Gasteiger partial charge in [-0.05, 0) is 58.7 Å². The smallest absolute Gasteiger partial charge is 0.283 e. The van der Waals surface area contributed by atoms with Gasteiger partial charge in [-0.15, -0.1) is 10.2 Å². The molecule has 0 aliphatic rings. The third-order valence-corrected chi connectivity index (χ3v) is 3.34. The van der Waals surface area contributed by atoms with Crippen LogP contribution in [-0.2, 0) is 6.61 Å². The molecule has 0 unspecified atom stereocenters. The Labute approximate surface area is 141 Å². The second-order valence-electron chi connectivity index (χ2n) is 4.71. The lowest BCUT2D eigenvalue weighted by molar-refractivity contribution is 0.263. The Morgan fingerprint density at radius 2 is 1.70 bits per heavy atom. The molecule has 23 heavy (non-hydrogen) atoms. The van der Waals surface area contributed by atoms with Crippen LogP contribution >= 0.6 is 15.9 Å². The molecule has 0 fully saturated rings. The molecule has 3 aromatic rings. The van der Waals surface area contributed by atoms with Gasteiger partial charge >= 0.3 is 0 Å². The predicted molar refractivity (Wildman–Crippen MR) is 86.3 cm³/mol. The van der Waals surface area contributed by atoms with Gasteiger partial charge in [0.05, 0.1) is 6.61 Å². The van der Waals surface area contributed by atoms with E-state index in [2.05, 4.69) is 33.1 Å². The molecule has 7 heteroatoms. The van der Waals surface area contributed by atoms with Crippen LogP contribution in [0.15, 0.2) is 49.9 Å².